The lowest BCUT2D eigenvalue weighted by Crippen LogP contribution is -2.21. The van der Waals surface area contributed by atoms with Gasteiger partial charge in [0, 0.05) is 18.3 Å². The molecule has 1 aromatic rings. The highest BCUT2D eigenvalue weighted by molar-refractivity contribution is 7.98. The van der Waals surface area contributed by atoms with Crippen LogP contribution in [0.3, 0.4) is 0 Å². The fourth-order valence-electron chi connectivity index (χ4n) is 1.44. The first-order valence-electron chi connectivity index (χ1n) is 5.24. The largest absolute Gasteiger partial charge is 0.494 e. The van der Waals surface area contributed by atoms with Crippen molar-refractivity contribution in [2.45, 2.75) is 13.0 Å². The van der Waals surface area contributed by atoms with Crippen LogP contribution in [-0.2, 0) is 0 Å². The molecule has 0 bridgehead atoms. The average Bonchev–Trinajstić information content (AvgIpc) is 2.30. The normalized spacial score (nSPS) is 12.5. The summed E-state index contributed by atoms with van der Waals surface area (Å²) < 4.78 is 18.1. The third-order valence-corrected chi connectivity index (χ3v) is 3.04. The van der Waals surface area contributed by atoms with Gasteiger partial charge in [-0.15, -0.1) is 0 Å². The SMILES string of the molecule is COc1cc(C(C)NCCSC)ccc1F. The van der Waals surface area contributed by atoms with Gasteiger partial charge in [0.1, 0.15) is 0 Å². The number of halogens is 1. The van der Waals surface area contributed by atoms with Crippen LogP contribution in [-0.4, -0.2) is 25.7 Å². The van der Waals surface area contributed by atoms with Gasteiger partial charge in [-0.25, -0.2) is 4.39 Å². The summed E-state index contributed by atoms with van der Waals surface area (Å²) in [6.07, 6.45) is 2.08. The Balaban J connectivity index is 2.64. The summed E-state index contributed by atoms with van der Waals surface area (Å²) >= 11 is 1.80. The molecule has 0 heterocycles. The van der Waals surface area contributed by atoms with Crippen molar-refractivity contribution < 1.29 is 9.13 Å². The van der Waals surface area contributed by atoms with Gasteiger partial charge in [-0.05, 0) is 30.9 Å². The Morgan fingerprint density at radius 2 is 2.25 bits per heavy atom. The van der Waals surface area contributed by atoms with Gasteiger partial charge < -0.3 is 10.1 Å². The predicted octanol–water partition coefficient (Wildman–Crippen LogP) is 2.85. The van der Waals surface area contributed by atoms with E-state index >= 15 is 0 Å². The summed E-state index contributed by atoms with van der Waals surface area (Å²) in [5.74, 6) is 1.06. The van der Waals surface area contributed by atoms with E-state index in [1.165, 1.54) is 13.2 Å². The minimum absolute atomic E-state index is 0.210. The first-order chi connectivity index (χ1) is 7.69. The maximum Gasteiger partial charge on any atom is 0.165 e. The van der Waals surface area contributed by atoms with Crippen molar-refractivity contribution in [1.29, 1.82) is 0 Å². The number of rotatable bonds is 6. The quantitative estimate of drug-likeness (QED) is 0.776. The molecule has 0 radical (unpaired) electrons. The number of hydrogen-bond donors (Lipinski definition) is 1. The molecule has 1 rings (SSSR count). The van der Waals surface area contributed by atoms with E-state index in [0.717, 1.165) is 17.9 Å². The molecular weight excluding hydrogens is 225 g/mol. The van der Waals surface area contributed by atoms with E-state index in [0.29, 0.717) is 5.75 Å². The smallest absolute Gasteiger partial charge is 0.165 e. The maximum atomic E-state index is 13.2. The van der Waals surface area contributed by atoms with Crippen LogP contribution >= 0.6 is 11.8 Å². The van der Waals surface area contributed by atoms with E-state index in [1.54, 1.807) is 23.9 Å². The second-order valence-corrected chi connectivity index (χ2v) is 4.55. The molecule has 1 atom stereocenters. The van der Waals surface area contributed by atoms with Crippen LogP contribution in [0.15, 0.2) is 18.2 Å². The number of hydrogen-bond acceptors (Lipinski definition) is 3. The van der Waals surface area contributed by atoms with Crippen molar-refractivity contribution in [2.75, 3.05) is 25.7 Å². The third kappa shape index (κ3) is 3.68. The molecular formula is C12H18FNOS. The van der Waals surface area contributed by atoms with Crippen molar-refractivity contribution in [3.05, 3.63) is 29.6 Å². The van der Waals surface area contributed by atoms with E-state index in [2.05, 4.69) is 18.5 Å². The van der Waals surface area contributed by atoms with Crippen LogP contribution < -0.4 is 10.1 Å². The highest BCUT2D eigenvalue weighted by atomic mass is 32.2. The lowest BCUT2D eigenvalue weighted by Gasteiger charge is -2.15. The van der Waals surface area contributed by atoms with Crippen LogP contribution in [0, 0.1) is 5.82 Å². The molecule has 0 aliphatic heterocycles. The van der Waals surface area contributed by atoms with Gasteiger partial charge in [-0.2, -0.15) is 11.8 Å². The molecule has 16 heavy (non-hydrogen) atoms. The van der Waals surface area contributed by atoms with Crippen LogP contribution in [0.2, 0.25) is 0 Å². The number of nitrogens with one attached hydrogen (secondary N) is 1. The second kappa shape index (κ2) is 6.76. The Bertz CT molecular complexity index is 333. The van der Waals surface area contributed by atoms with Gasteiger partial charge in [-0.1, -0.05) is 6.07 Å². The minimum atomic E-state index is -0.317. The van der Waals surface area contributed by atoms with Crippen molar-refractivity contribution in [3.8, 4) is 5.75 Å². The highest BCUT2D eigenvalue weighted by Crippen LogP contribution is 2.22. The molecule has 1 unspecified atom stereocenters. The number of benzene rings is 1. The van der Waals surface area contributed by atoms with E-state index < -0.39 is 0 Å². The lowest BCUT2D eigenvalue weighted by atomic mass is 10.1. The molecule has 90 valence electrons. The van der Waals surface area contributed by atoms with Crippen LogP contribution in [0.4, 0.5) is 4.39 Å². The molecule has 0 spiro atoms. The van der Waals surface area contributed by atoms with E-state index in [-0.39, 0.29) is 11.9 Å². The standard InChI is InChI=1S/C12H18FNOS/c1-9(14-6-7-16-3)10-4-5-11(13)12(8-10)15-2/h4-5,8-9,14H,6-7H2,1-3H3. The molecule has 0 aliphatic rings. The van der Waals surface area contributed by atoms with Gasteiger partial charge in [0.05, 0.1) is 7.11 Å². The molecule has 4 heteroatoms. The molecule has 0 aliphatic carbocycles. The molecule has 0 fully saturated rings. The van der Waals surface area contributed by atoms with Crippen LogP contribution in [0.25, 0.3) is 0 Å². The Morgan fingerprint density at radius 3 is 2.88 bits per heavy atom. The summed E-state index contributed by atoms with van der Waals surface area (Å²) in [4.78, 5) is 0. The van der Waals surface area contributed by atoms with Gasteiger partial charge >= 0.3 is 0 Å². The first kappa shape index (κ1) is 13.3. The molecule has 1 aromatic carbocycles. The van der Waals surface area contributed by atoms with Gasteiger partial charge in [-0.3, -0.25) is 0 Å². The molecule has 0 saturated carbocycles. The third-order valence-electron chi connectivity index (χ3n) is 2.43. The van der Waals surface area contributed by atoms with Crippen molar-refractivity contribution in [2.24, 2.45) is 0 Å². The van der Waals surface area contributed by atoms with Gasteiger partial charge in [0.15, 0.2) is 11.6 Å². The Hall–Kier alpha value is -0.740. The fraction of sp³-hybridized carbons (Fsp3) is 0.500. The van der Waals surface area contributed by atoms with Crippen molar-refractivity contribution >= 4 is 11.8 Å². The number of methoxy groups -OCH3 is 1. The van der Waals surface area contributed by atoms with Gasteiger partial charge in [0.25, 0.3) is 0 Å². The zero-order valence-electron chi connectivity index (χ0n) is 9.92. The van der Waals surface area contributed by atoms with Crippen LogP contribution in [0.5, 0.6) is 5.75 Å². The van der Waals surface area contributed by atoms with Crippen molar-refractivity contribution in [1.82, 2.24) is 5.32 Å². The molecule has 0 aromatic heterocycles. The molecule has 0 saturated heterocycles. The zero-order chi connectivity index (χ0) is 12.0. The summed E-state index contributed by atoms with van der Waals surface area (Å²) in [5, 5.41) is 3.37. The number of ether oxygens (including phenoxy) is 1. The monoisotopic (exact) mass is 243 g/mol. The lowest BCUT2D eigenvalue weighted by molar-refractivity contribution is 0.385. The first-order valence-corrected chi connectivity index (χ1v) is 6.64. The number of thioether (sulfide) groups is 1. The Morgan fingerprint density at radius 1 is 1.50 bits per heavy atom. The zero-order valence-corrected chi connectivity index (χ0v) is 10.7. The van der Waals surface area contributed by atoms with E-state index in [1.807, 2.05) is 0 Å². The second-order valence-electron chi connectivity index (χ2n) is 3.56. The Kier molecular flexibility index (Phi) is 5.63. The van der Waals surface area contributed by atoms with E-state index in [4.69, 9.17) is 4.74 Å². The predicted molar refractivity (Wildman–Crippen MR) is 67.8 cm³/mol. The minimum Gasteiger partial charge on any atom is -0.494 e. The fourth-order valence-corrected chi connectivity index (χ4v) is 1.76. The summed E-state index contributed by atoms with van der Waals surface area (Å²) in [5.41, 5.74) is 1.04. The average molecular weight is 243 g/mol. The molecule has 2 nitrogen and oxygen atoms in total. The van der Waals surface area contributed by atoms with Crippen molar-refractivity contribution in [3.63, 3.8) is 0 Å². The molecule has 0 amide bonds. The topological polar surface area (TPSA) is 21.3 Å². The van der Waals surface area contributed by atoms with E-state index in [9.17, 15) is 4.39 Å². The summed E-state index contributed by atoms with van der Waals surface area (Å²) in [6, 6.07) is 5.18. The maximum absolute atomic E-state index is 13.2. The summed E-state index contributed by atoms with van der Waals surface area (Å²) in [6.45, 7) is 3.01. The highest BCUT2D eigenvalue weighted by Gasteiger charge is 2.08. The van der Waals surface area contributed by atoms with Gasteiger partial charge in [0.2, 0.25) is 0 Å². The summed E-state index contributed by atoms with van der Waals surface area (Å²) in [7, 11) is 1.48. The van der Waals surface area contributed by atoms with Crippen LogP contribution in [0.1, 0.15) is 18.5 Å². The Labute approximate surface area is 101 Å². The molecule has 1 N–H and O–H groups in total.